The zero-order chi connectivity index (χ0) is 19.5. The Hall–Kier alpha value is -2.38. The minimum atomic E-state index is -0.330. The Morgan fingerprint density at radius 1 is 1.11 bits per heavy atom. The van der Waals surface area contributed by atoms with Gasteiger partial charge in [0.2, 0.25) is 11.0 Å². The third-order valence-corrected chi connectivity index (χ3v) is 6.91. The molecule has 5 nitrogen and oxygen atoms in total. The van der Waals surface area contributed by atoms with Crippen LogP contribution in [0.15, 0.2) is 52.9 Å². The fraction of sp³-hybridized carbons (Fsp3) is 0.286. The smallest absolute Gasteiger partial charge is 0.238 e. The van der Waals surface area contributed by atoms with Crippen LogP contribution in [0, 0.1) is 13.8 Å². The van der Waals surface area contributed by atoms with Gasteiger partial charge in [-0.3, -0.25) is 4.79 Å². The number of benzene rings is 2. The van der Waals surface area contributed by atoms with E-state index < -0.39 is 0 Å². The maximum absolute atomic E-state index is 12.8. The van der Waals surface area contributed by atoms with Crippen LogP contribution in [0.1, 0.15) is 34.8 Å². The minimum Gasteiger partial charge on any atom is -0.352 e. The van der Waals surface area contributed by atoms with Crippen molar-refractivity contribution >= 4 is 39.8 Å². The molecular formula is C21H22N4OS2. The van der Waals surface area contributed by atoms with Crippen LogP contribution in [0.2, 0.25) is 0 Å². The van der Waals surface area contributed by atoms with Gasteiger partial charge in [-0.15, -0.1) is 10.2 Å². The predicted molar refractivity (Wildman–Crippen MR) is 115 cm³/mol. The molecule has 1 aromatic heterocycles. The number of nitrogens with one attached hydrogen (secondary N) is 2. The van der Waals surface area contributed by atoms with Crippen molar-refractivity contribution in [2.75, 3.05) is 5.32 Å². The number of nitrogens with zero attached hydrogens (tertiary/aromatic N) is 2. The molecule has 0 aliphatic heterocycles. The number of thioether (sulfide) groups is 1. The van der Waals surface area contributed by atoms with Crippen LogP contribution in [0.3, 0.4) is 0 Å². The molecule has 4 rings (SSSR count). The second-order valence-corrected chi connectivity index (χ2v) is 9.27. The number of aryl methyl sites for hydroxylation is 1. The third-order valence-electron chi connectivity index (χ3n) is 4.74. The SMILES string of the molecule is Cc1cccc(Nc2nnc(S[C@H](C(=O)NC3CC3)c3ccccc3)s2)c1C. The Labute approximate surface area is 173 Å². The van der Waals surface area contributed by atoms with Crippen LogP contribution >= 0.6 is 23.1 Å². The van der Waals surface area contributed by atoms with Crippen LogP contribution in [-0.2, 0) is 4.79 Å². The molecule has 144 valence electrons. The number of aromatic nitrogens is 2. The Bertz CT molecular complexity index is 970. The first-order valence-electron chi connectivity index (χ1n) is 9.29. The lowest BCUT2D eigenvalue weighted by atomic mass is 10.1. The summed E-state index contributed by atoms with van der Waals surface area (Å²) in [6.07, 6.45) is 2.14. The molecule has 2 N–H and O–H groups in total. The average molecular weight is 411 g/mol. The summed E-state index contributed by atoms with van der Waals surface area (Å²) in [5.74, 6) is 0.0398. The number of carbonyl (C=O) groups is 1. The molecule has 1 amide bonds. The average Bonchev–Trinajstić information content (AvgIpc) is 3.40. The van der Waals surface area contributed by atoms with Gasteiger partial charge in [0.25, 0.3) is 0 Å². The standard InChI is InChI=1S/C21H22N4OS2/c1-13-7-6-10-17(14(13)2)23-20-24-25-21(28-20)27-18(15-8-4-3-5-9-15)19(26)22-16-11-12-16/h3-10,16,18H,11-12H2,1-2H3,(H,22,26)(H,23,24)/t18-/m0/s1. The zero-order valence-corrected chi connectivity index (χ0v) is 17.4. The minimum absolute atomic E-state index is 0.0398. The van der Waals surface area contributed by atoms with Gasteiger partial charge in [0.1, 0.15) is 5.25 Å². The van der Waals surface area contributed by atoms with Crippen molar-refractivity contribution in [1.82, 2.24) is 15.5 Å². The molecule has 7 heteroatoms. The number of amides is 1. The highest BCUT2D eigenvalue weighted by atomic mass is 32.2. The van der Waals surface area contributed by atoms with Crippen molar-refractivity contribution in [2.45, 2.75) is 42.3 Å². The van der Waals surface area contributed by atoms with Crippen molar-refractivity contribution in [2.24, 2.45) is 0 Å². The highest BCUT2D eigenvalue weighted by Crippen LogP contribution is 2.39. The van der Waals surface area contributed by atoms with Gasteiger partial charge in [0.05, 0.1) is 0 Å². The summed E-state index contributed by atoms with van der Waals surface area (Å²) in [5.41, 5.74) is 4.42. The lowest BCUT2D eigenvalue weighted by molar-refractivity contribution is -0.120. The molecule has 0 radical (unpaired) electrons. The van der Waals surface area contributed by atoms with Crippen molar-refractivity contribution in [1.29, 1.82) is 0 Å². The largest absolute Gasteiger partial charge is 0.352 e. The van der Waals surface area contributed by atoms with Crippen LogP contribution in [0.4, 0.5) is 10.8 Å². The molecule has 1 fully saturated rings. The molecule has 1 aliphatic carbocycles. The number of hydrogen-bond donors (Lipinski definition) is 2. The molecule has 0 bridgehead atoms. The van der Waals surface area contributed by atoms with E-state index in [4.69, 9.17) is 0 Å². The second-order valence-electron chi connectivity index (χ2n) is 6.94. The molecule has 1 saturated carbocycles. The monoisotopic (exact) mass is 410 g/mol. The number of carbonyl (C=O) groups excluding carboxylic acids is 1. The Kier molecular flexibility index (Phi) is 5.64. The summed E-state index contributed by atoms with van der Waals surface area (Å²) >= 11 is 2.92. The van der Waals surface area contributed by atoms with Gasteiger partial charge < -0.3 is 10.6 Å². The maximum Gasteiger partial charge on any atom is 0.238 e. The summed E-state index contributed by atoms with van der Waals surface area (Å²) in [6, 6.07) is 16.3. The fourth-order valence-corrected chi connectivity index (χ4v) is 4.78. The number of hydrogen-bond acceptors (Lipinski definition) is 6. The lowest BCUT2D eigenvalue weighted by Gasteiger charge is -2.15. The highest BCUT2D eigenvalue weighted by molar-refractivity contribution is 8.01. The molecule has 0 saturated heterocycles. The van der Waals surface area contributed by atoms with Gasteiger partial charge in [-0.05, 0) is 49.4 Å². The molecule has 0 spiro atoms. The quantitative estimate of drug-likeness (QED) is 0.536. The van der Waals surface area contributed by atoms with Crippen LogP contribution in [-0.4, -0.2) is 22.1 Å². The summed E-state index contributed by atoms with van der Waals surface area (Å²) in [6.45, 7) is 4.17. The third kappa shape index (κ3) is 4.54. The van der Waals surface area contributed by atoms with Crippen LogP contribution in [0.25, 0.3) is 0 Å². The van der Waals surface area contributed by atoms with E-state index >= 15 is 0 Å². The van der Waals surface area contributed by atoms with E-state index in [9.17, 15) is 4.79 Å². The molecule has 1 aliphatic rings. The number of anilines is 2. The predicted octanol–water partition coefficient (Wildman–Crippen LogP) is 5.01. The van der Waals surface area contributed by atoms with Gasteiger partial charge in [0, 0.05) is 11.7 Å². The summed E-state index contributed by atoms with van der Waals surface area (Å²) < 4.78 is 0.771. The normalized spacial score (nSPS) is 14.5. The summed E-state index contributed by atoms with van der Waals surface area (Å²) in [4.78, 5) is 12.8. The maximum atomic E-state index is 12.8. The molecular weight excluding hydrogens is 388 g/mol. The van der Waals surface area contributed by atoms with E-state index in [0.29, 0.717) is 6.04 Å². The van der Waals surface area contributed by atoms with Gasteiger partial charge in [0.15, 0.2) is 4.34 Å². The summed E-state index contributed by atoms with van der Waals surface area (Å²) in [5, 5.41) is 15.4. The van der Waals surface area contributed by atoms with Gasteiger partial charge in [-0.2, -0.15) is 0 Å². The molecule has 2 aromatic carbocycles. The van der Waals surface area contributed by atoms with Crippen molar-refractivity contribution < 1.29 is 4.79 Å². The van der Waals surface area contributed by atoms with Gasteiger partial charge >= 0.3 is 0 Å². The lowest BCUT2D eigenvalue weighted by Crippen LogP contribution is -2.29. The van der Waals surface area contributed by atoms with Crippen molar-refractivity contribution in [3.8, 4) is 0 Å². The summed E-state index contributed by atoms with van der Waals surface area (Å²) in [7, 11) is 0. The first-order valence-corrected chi connectivity index (χ1v) is 11.0. The second kappa shape index (κ2) is 8.32. The first-order chi connectivity index (χ1) is 13.6. The van der Waals surface area contributed by atoms with Crippen molar-refractivity contribution in [3.05, 3.63) is 65.2 Å². The van der Waals surface area contributed by atoms with E-state index in [1.54, 1.807) is 0 Å². The molecule has 1 heterocycles. The zero-order valence-electron chi connectivity index (χ0n) is 15.8. The Morgan fingerprint density at radius 3 is 2.64 bits per heavy atom. The van der Waals surface area contributed by atoms with Gasteiger partial charge in [-0.1, -0.05) is 65.6 Å². The van der Waals surface area contributed by atoms with Crippen LogP contribution < -0.4 is 10.6 Å². The van der Waals surface area contributed by atoms with Crippen LogP contribution in [0.5, 0.6) is 0 Å². The van der Waals surface area contributed by atoms with Crippen molar-refractivity contribution in [3.63, 3.8) is 0 Å². The van der Waals surface area contributed by atoms with E-state index in [1.807, 2.05) is 42.5 Å². The topological polar surface area (TPSA) is 66.9 Å². The van der Waals surface area contributed by atoms with E-state index in [2.05, 4.69) is 40.7 Å². The van der Waals surface area contributed by atoms with E-state index in [0.717, 1.165) is 33.6 Å². The first kappa shape index (κ1) is 19.0. The van der Waals surface area contributed by atoms with Gasteiger partial charge in [-0.25, -0.2) is 0 Å². The van der Waals surface area contributed by atoms with E-state index in [-0.39, 0.29) is 11.2 Å². The molecule has 3 aromatic rings. The fourth-order valence-electron chi connectivity index (χ4n) is 2.82. The number of rotatable bonds is 7. The molecule has 0 unspecified atom stereocenters. The molecule has 1 atom stereocenters. The Balaban J connectivity index is 1.51. The molecule has 28 heavy (non-hydrogen) atoms. The Morgan fingerprint density at radius 2 is 1.89 bits per heavy atom. The highest BCUT2D eigenvalue weighted by Gasteiger charge is 2.29. The van der Waals surface area contributed by atoms with E-state index in [1.165, 1.54) is 34.2 Å².